The molecular weight excluding hydrogens is 1870 g/mol. The molecule has 710 valence electrons. The van der Waals surface area contributed by atoms with Crippen molar-refractivity contribution in [3.63, 3.8) is 0 Å². The van der Waals surface area contributed by atoms with Crippen LogP contribution in [0.5, 0.6) is 0 Å². The zero-order valence-electron chi connectivity index (χ0n) is 69.0. The van der Waals surface area contributed by atoms with Crippen LogP contribution in [0, 0.1) is 27.7 Å². The van der Waals surface area contributed by atoms with E-state index in [9.17, 15) is 67.5 Å². The molecule has 5 fully saturated rings. The predicted molar refractivity (Wildman–Crippen MR) is 442 cm³/mol. The molecular formula is C65H98N15O39P5S3. The maximum atomic E-state index is 15.1. The van der Waals surface area contributed by atoms with Gasteiger partial charge in [0, 0.05) is 82.6 Å². The van der Waals surface area contributed by atoms with E-state index in [0.29, 0.717) is 0 Å². The second-order valence-electron chi connectivity index (χ2n) is 28.6. The van der Waals surface area contributed by atoms with Gasteiger partial charge in [0.1, 0.15) is 115 Å². The van der Waals surface area contributed by atoms with Gasteiger partial charge in [-0.2, -0.15) is 9.97 Å². The number of fused-ring (bicyclic) bond motifs is 1. The van der Waals surface area contributed by atoms with Crippen LogP contribution in [0.2, 0.25) is 0 Å². The quantitative estimate of drug-likeness (QED) is 0.0109. The number of aliphatic hydroxyl groups is 1. The second-order valence-corrected chi connectivity index (χ2v) is 39.8. The zero-order valence-corrected chi connectivity index (χ0v) is 76.0. The van der Waals surface area contributed by atoms with E-state index >= 15 is 4.57 Å². The van der Waals surface area contributed by atoms with Gasteiger partial charge in [0.05, 0.1) is 105 Å². The highest BCUT2D eigenvalue weighted by molar-refractivity contribution is 8.44. The minimum absolute atomic E-state index is 0.0276. The highest BCUT2D eigenvalue weighted by Gasteiger charge is 2.58. The van der Waals surface area contributed by atoms with Gasteiger partial charge >= 0.3 is 58.6 Å². The number of aryl methyl sites for hydroxylation is 4. The third kappa shape index (κ3) is 25.6. The van der Waals surface area contributed by atoms with Crippen molar-refractivity contribution in [2.75, 3.05) is 152 Å². The number of nitrogen functional groups attached to an aromatic ring is 3. The number of anilines is 3. The molecule has 0 saturated carbocycles. The fraction of sp³-hybridized carbons (Fsp3) is 0.677. The molecule has 6 aromatic rings. The molecule has 11 heterocycles. The van der Waals surface area contributed by atoms with Crippen LogP contribution in [-0.2, 0) is 149 Å². The molecule has 6 aromatic heterocycles. The summed E-state index contributed by atoms with van der Waals surface area (Å²) in [6, 6.07) is 0. The Balaban J connectivity index is 0.898. The molecule has 0 bridgehead atoms. The smallest absolute Gasteiger partial charge is 0.387 e. The lowest BCUT2D eigenvalue weighted by atomic mass is 10.1. The van der Waals surface area contributed by atoms with Gasteiger partial charge < -0.3 is 127 Å². The van der Waals surface area contributed by atoms with E-state index < -0.39 is 239 Å². The van der Waals surface area contributed by atoms with Crippen molar-refractivity contribution in [3.05, 3.63) is 122 Å². The average molecular weight is 1960 g/mol. The largest absolute Gasteiger partial charge is 0.472 e. The minimum atomic E-state index is -5.92. The van der Waals surface area contributed by atoms with Crippen molar-refractivity contribution in [2.24, 2.45) is 0 Å². The number of aromatic nitrogens is 12. The Morgan fingerprint density at radius 2 is 0.772 bits per heavy atom. The van der Waals surface area contributed by atoms with Gasteiger partial charge in [0.25, 0.3) is 11.1 Å². The number of phosphoric acid groups is 2. The number of aromatic amines is 2. The Bertz CT molecular complexity index is 5410. The topological polar surface area (TPSA) is 695 Å². The van der Waals surface area contributed by atoms with Crippen LogP contribution >= 0.6 is 48.1 Å². The number of hydrogen-bond donors (Lipinski definition) is 12. The normalized spacial score (nSPS) is 28.8. The Kier molecular flexibility index (Phi) is 35.5. The summed E-state index contributed by atoms with van der Waals surface area (Å²) in [6.45, 7) is -16.2. The number of H-pyrrole nitrogens is 2. The summed E-state index contributed by atoms with van der Waals surface area (Å²) in [4.78, 5) is 162. The molecule has 0 radical (unpaired) electrons. The lowest BCUT2D eigenvalue weighted by molar-refractivity contribution is -0.0853. The van der Waals surface area contributed by atoms with Crippen molar-refractivity contribution in [1.29, 1.82) is 0 Å². The molecule has 5 aliphatic rings. The van der Waals surface area contributed by atoms with E-state index in [4.69, 9.17) is 141 Å². The van der Waals surface area contributed by atoms with Gasteiger partial charge in [-0.05, 0) is 51.3 Å². The molecule has 54 nitrogen and oxygen atoms in total. The number of imidazole rings is 1. The number of rotatable bonds is 48. The fourth-order valence-electron chi connectivity index (χ4n) is 13.8. The number of nitrogens with zero attached hydrogens (tertiary/aromatic N) is 10. The number of hydrogen-bond acceptors (Lipinski definition) is 44. The number of methoxy groups -OCH3 is 5. The van der Waals surface area contributed by atoms with Gasteiger partial charge in [0.2, 0.25) is 0 Å². The summed E-state index contributed by atoms with van der Waals surface area (Å²) in [5, 5.41) is 11.8. The van der Waals surface area contributed by atoms with Gasteiger partial charge in [-0.3, -0.25) is 74.1 Å². The van der Waals surface area contributed by atoms with Crippen LogP contribution in [0.25, 0.3) is 11.2 Å². The van der Waals surface area contributed by atoms with E-state index in [1.807, 2.05) is 0 Å². The maximum absolute atomic E-state index is 15.1. The number of aliphatic hydroxyl groups excluding tert-OH is 1. The summed E-state index contributed by atoms with van der Waals surface area (Å²) >= 11 is 14.8. The molecule has 0 spiro atoms. The van der Waals surface area contributed by atoms with Gasteiger partial charge in [-0.25, -0.2) is 47.8 Å². The first-order valence-electron chi connectivity index (χ1n) is 38.2. The highest BCUT2D eigenvalue weighted by Crippen LogP contribution is 2.59. The van der Waals surface area contributed by atoms with E-state index in [1.165, 1.54) is 92.9 Å². The van der Waals surface area contributed by atoms with E-state index in [-0.39, 0.29) is 104 Å². The highest BCUT2D eigenvalue weighted by atomic mass is 32.7. The molecule has 0 aliphatic carbocycles. The number of nitrogens with one attached hydrogen (secondary N) is 2. The van der Waals surface area contributed by atoms with Crippen molar-refractivity contribution < 1.29 is 155 Å². The fourth-order valence-corrected chi connectivity index (χ4v) is 19.2. The standard InChI is InChI=1S/C65H98N15O39P5S3/c1-31-20-76(62(84)72-51(31)66)58-48(103-17-12-98-7)43(38(114-58)27-108-122(92,93)125)117-120(88,89)106-25-36-42(47(102-16-11-97-6)59(112-36)78-22-33(3)55(82)74-64(78)86)116-121(90,91)107-26-37-44(49(104-18-13-99-8)61(113-37)79-23-34(4)56(83)75-65(79)87)118-124(95,127)110-28-39-45(50(105-19-14-100-9)60(115-39)77-21-32(2)52(67)73-63(77)85)119-123(94,126)109-24-35-41(81)46(101-15-10-96-5)57(111-35)80-30-71-40-53(68)69-29-70-54(40)80/h20-23,29-30,35-39,41-50,57-61,81H,10-19,24-28H2,1-9H3,(H,88,89)(H,90,91)(H,94,126)(H,95,127)(H2,66,72,84)(H2,67,73,85)(H2,68,69,70)(H,74,82,86)(H,75,83,87)(H2,92,93,125). The van der Waals surface area contributed by atoms with Crippen LogP contribution in [0.15, 0.2) is 66.2 Å². The third-order valence-corrected chi connectivity index (χ3v) is 25.8. The monoisotopic (exact) mass is 1960 g/mol. The summed E-state index contributed by atoms with van der Waals surface area (Å²) in [7, 11) is -5.02. The Hall–Kier alpha value is -5.79. The number of ether oxygens (including phenoxy) is 15. The average Bonchev–Trinajstić information content (AvgIpc) is 1.63. The maximum Gasteiger partial charge on any atom is 0.472 e. The van der Waals surface area contributed by atoms with Crippen LogP contribution in [-0.4, -0.2) is 314 Å². The van der Waals surface area contributed by atoms with Crippen LogP contribution in [0.3, 0.4) is 0 Å². The number of nitrogens with two attached hydrogens (primary N) is 3. The van der Waals surface area contributed by atoms with Crippen LogP contribution < -0.4 is 51.1 Å². The van der Waals surface area contributed by atoms with E-state index in [1.54, 1.807) is 0 Å². The van der Waals surface area contributed by atoms with Gasteiger partial charge in [-0.1, -0.05) is 12.2 Å². The lowest BCUT2D eigenvalue weighted by Gasteiger charge is -2.30. The molecule has 5 aliphatic heterocycles. The van der Waals surface area contributed by atoms with E-state index in [2.05, 4.69) is 58.9 Å². The summed E-state index contributed by atoms with van der Waals surface area (Å²) in [5.41, 5.74) is 12.7. The second kappa shape index (κ2) is 44.4. The summed E-state index contributed by atoms with van der Waals surface area (Å²) in [5.74, 6) is -0.327. The first kappa shape index (κ1) is 102. The van der Waals surface area contributed by atoms with E-state index in [0.717, 1.165) is 30.7 Å². The SMILES string of the molecule is COCCOC1C(OP(=O)(O)OCC2OC(n3cc(C)c(=O)[nH]c3=O)C(OCCOC)C2OP(=O)(O)OCC2OC(n3cc(C)c(=O)[nH]c3=O)C(OCCOC)C2OP(O)(=S)OCC2OC(n3cc(C)c(N)nc3=O)C(OCCOC)C2OP(=O)(S)OCC2OC(n3cnc4c(N)ncnc43)C(OCCOC)C2O)C(COP(O)(O)=S)OC1n1cc(C)c(N)nc1=O. The predicted octanol–water partition coefficient (Wildman–Crippen LogP) is -2.28. The summed E-state index contributed by atoms with van der Waals surface area (Å²) < 4.78 is 191. The number of phosphoric ester groups is 2. The van der Waals surface area contributed by atoms with Gasteiger partial charge in [-0.15, -0.1) is 0 Å². The molecule has 5 saturated heterocycles. The molecule has 24 atom stereocenters. The molecule has 14 N–H and O–H groups in total. The molecule has 127 heavy (non-hydrogen) atoms. The molecule has 11 rings (SSSR count). The first-order valence-corrected chi connectivity index (χ1v) is 49.1. The lowest BCUT2D eigenvalue weighted by Crippen LogP contribution is -2.42. The Morgan fingerprint density at radius 3 is 1.18 bits per heavy atom. The van der Waals surface area contributed by atoms with Crippen molar-refractivity contribution in [2.45, 2.75) is 150 Å². The van der Waals surface area contributed by atoms with Crippen molar-refractivity contribution in [1.82, 2.24) is 57.7 Å². The Labute approximate surface area is 734 Å². The first-order chi connectivity index (χ1) is 60.1. The van der Waals surface area contributed by atoms with Crippen LogP contribution in [0.4, 0.5) is 17.5 Å². The van der Waals surface area contributed by atoms with Crippen molar-refractivity contribution in [3.8, 4) is 0 Å². The molecule has 62 heteroatoms. The molecule has 24 unspecified atom stereocenters. The van der Waals surface area contributed by atoms with Crippen molar-refractivity contribution >= 4 is 100 Å². The zero-order chi connectivity index (χ0) is 92.4. The minimum Gasteiger partial charge on any atom is -0.387 e. The number of thiol groups is 1. The summed E-state index contributed by atoms with van der Waals surface area (Å²) in [6.07, 6.45) is -27.2. The molecule has 0 amide bonds. The molecule has 0 aromatic carbocycles. The Morgan fingerprint density at radius 1 is 0.425 bits per heavy atom. The van der Waals surface area contributed by atoms with Gasteiger partial charge in [0.15, 0.2) is 42.6 Å². The third-order valence-electron chi connectivity index (χ3n) is 19.9. The van der Waals surface area contributed by atoms with Crippen LogP contribution in [0.1, 0.15) is 53.4 Å².